The fraction of sp³-hybridized carbons (Fsp3) is 0.480. The predicted octanol–water partition coefficient (Wildman–Crippen LogP) is 6.08. The van der Waals surface area contributed by atoms with Crippen molar-refractivity contribution in [2.24, 2.45) is 5.92 Å². The van der Waals surface area contributed by atoms with Gasteiger partial charge in [0.2, 0.25) is 0 Å². The molecule has 0 radical (unpaired) electrons. The van der Waals surface area contributed by atoms with Crippen LogP contribution in [0.3, 0.4) is 0 Å². The van der Waals surface area contributed by atoms with Crippen LogP contribution >= 0.6 is 0 Å². The molecule has 154 valence electrons. The number of carbonyl (C=O) groups excluding carboxylic acids is 1. The number of hydrogen-bond donors (Lipinski definition) is 0. The van der Waals surface area contributed by atoms with Crippen LogP contribution in [0.1, 0.15) is 63.2 Å². The van der Waals surface area contributed by atoms with Crippen molar-refractivity contribution < 1.29 is 14.3 Å². The van der Waals surface area contributed by atoms with Crippen LogP contribution in [0.5, 0.6) is 0 Å². The molecular formula is C25H31NO3. The van der Waals surface area contributed by atoms with Gasteiger partial charge < -0.3 is 9.47 Å². The average Bonchev–Trinajstić information content (AvgIpc) is 3.00. The Bertz CT molecular complexity index is 803. The molecule has 0 aromatic heterocycles. The van der Waals surface area contributed by atoms with Gasteiger partial charge in [-0.25, -0.2) is 4.79 Å². The molecule has 2 aromatic carbocycles. The van der Waals surface area contributed by atoms with Gasteiger partial charge in [0.15, 0.2) is 11.8 Å². The Kier molecular flexibility index (Phi) is 5.91. The number of carbonyl (C=O) groups is 1. The topological polar surface area (TPSA) is 38.8 Å². The first kappa shape index (κ1) is 20.0. The van der Waals surface area contributed by atoms with E-state index in [1.807, 2.05) is 67.6 Å². The fourth-order valence-electron chi connectivity index (χ4n) is 4.79. The van der Waals surface area contributed by atoms with E-state index in [0.29, 0.717) is 12.5 Å². The van der Waals surface area contributed by atoms with Gasteiger partial charge in [0.1, 0.15) is 0 Å². The third-order valence-electron chi connectivity index (χ3n) is 6.49. The molecule has 1 saturated carbocycles. The second-order valence-electron chi connectivity index (χ2n) is 8.52. The summed E-state index contributed by atoms with van der Waals surface area (Å²) in [6.45, 7) is 4.64. The van der Waals surface area contributed by atoms with Gasteiger partial charge in [-0.15, -0.1) is 0 Å². The van der Waals surface area contributed by atoms with Crippen LogP contribution in [0.4, 0.5) is 4.79 Å². The van der Waals surface area contributed by atoms with Gasteiger partial charge in [-0.1, -0.05) is 79.9 Å². The molecule has 3 atom stereocenters. The molecule has 3 unspecified atom stereocenters. The standard InChI is InChI=1S/C25H31NO3/c1-19(21-14-8-4-9-15-21)29-25(2)23(22-16-10-5-11-17-22)28-24(27)26(25)18-20-12-6-3-7-13-20/h3,5-7,10-13,16-17,19,21,23H,4,8-9,14-15,18H2,1-2H3. The first-order valence-corrected chi connectivity index (χ1v) is 10.8. The highest BCUT2D eigenvalue weighted by Crippen LogP contribution is 2.45. The van der Waals surface area contributed by atoms with Crippen LogP contribution < -0.4 is 0 Å². The maximum Gasteiger partial charge on any atom is 0.413 e. The van der Waals surface area contributed by atoms with E-state index in [4.69, 9.17) is 9.47 Å². The Morgan fingerprint density at radius 2 is 1.66 bits per heavy atom. The van der Waals surface area contributed by atoms with Gasteiger partial charge in [-0.05, 0) is 43.7 Å². The summed E-state index contributed by atoms with van der Waals surface area (Å²) >= 11 is 0. The van der Waals surface area contributed by atoms with E-state index >= 15 is 0 Å². The Balaban J connectivity index is 1.64. The summed E-state index contributed by atoms with van der Waals surface area (Å²) in [4.78, 5) is 14.7. The van der Waals surface area contributed by atoms with Gasteiger partial charge in [0.25, 0.3) is 0 Å². The van der Waals surface area contributed by atoms with E-state index in [-0.39, 0.29) is 12.2 Å². The molecule has 1 amide bonds. The molecule has 0 bridgehead atoms. The molecule has 4 heteroatoms. The summed E-state index contributed by atoms with van der Waals surface area (Å²) < 4.78 is 12.6. The molecule has 2 aromatic rings. The van der Waals surface area contributed by atoms with Crippen molar-refractivity contribution in [3.8, 4) is 0 Å². The summed E-state index contributed by atoms with van der Waals surface area (Å²) in [5, 5.41) is 0. The number of ether oxygens (including phenoxy) is 2. The predicted molar refractivity (Wildman–Crippen MR) is 113 cm³/mol. The number of nitrogens with zero attached hydrogens (tertiary/aromatic N) is 1. The van der Waals surface area contributed by atoms with E-state index < -0.39 is 11.8 Å². The summed E-state index contributed by atoms with van der Waals surface area (Å²) in [6, 6.07) is 20.0. The summed E-state index contributed by atoms with van der Waals surface area (Å²) in [5.74, 6) is 0.534. The van der Waals surface area contributed by atoms with Gasteiger partial charge >= 0.3 is 6.09 Å². The molecule has 1 aliphatic heterocycles. The lowest BCUT2D eigenvalue weighted by Gasteiger charge is -2.40. The van der Waals surface area contributed by atoms with Crippen LogP contribution in [-0.2, 0) is 16.0 Å². The lowest BCUT2D eigenvalue weighted by Crippen LogP contribution is -2.50. The highest BCUT2D eigenvalue weighted by molar-refractivity contribution is 5.72. The minimum atomic E-state index is -0.856. The van der Waals surface area contributed by atoms with Crippen molar-refractivity contribution in [2.75, 3.05) is 0 Å². The Morgan fingerprint density at radius 1 is 1.03 bits per heavy atom. The Labute approximate surface area is 173 Å². The van der Waals surface area contributed by atoms with Crippen molar-refractivity contribution in [3.05, 3.63) is 71.8 Å². The number of cyclic esters (lactones) is 1. The molecule has 1 saturated heterocycles. The van der Waals surface area contributed by atoms with Crippen molar-refractivity contribution in [1.82, 2.24) is 4.90 Å². The molecular weight excluding hydrogens is 362 g/mol. The Hall–Kier alpha value is -2.33. The lowest BCUT2D eigenvalue weighted by atomic mass is 9.85. The van der Waals surface area contributed by atoms with Gasteiger partial charge in [-0.3, -0.25) is 4.90 Å². The molecule has 4 nitrogen and oxygen atoms in total. The van der Waals surface area contributed by atoms with Gasteiger partial charge in [0.05, 0.1) is 12.6 Å². The molecule has 0 N–H and O–H groups in total. The molecule has 0 spiro atoms. The second-order valence-corrected chi connectivity index (χ2v) is 8.52. The third-order valence-corrected chi connectivity index (χ3v) is 6.49. The minimum absolute atomic E-state index is 0.0688. The largest absolute Gasteiger partial charge is 0.436 e. The van der Waals surface area contributed by atoms with Gasteiger partial charge in [0, 0.05) is 0 Å². The first-order valence-electron chi connectivity index (χ1n) is 10.8. The zero-order valence-electron chi connectivity index (χ0n) is 17.4. The van der Waals surface area contributed by atoms with Crippen molar-refractivity contribution >= 4 is 6.09 Å². The van der Waals surface area contributed by atoms with E-state index in [0.717, 1.165) is 11.1 Å². The minimum Gasteiger partial charge on any atom is -0.436 e. The van der Waals surface area contributed by atoms with E-state index in [9.17, 15) is 4.79 Å². The highest BCUT2D eigenvalue weighted by atomic mass is 16.6. The highest BCUT2D eigenvalue weighted by Gasteiger charge is 2.54. The first-order chi connectivity index (χ1) is 14.1. The van der Waals surface area contributed by atoms with Crippen LogP contribution in [0.2, 0.25) is 0 Å². The van der Waals surface area contributed by atoms with Crippen LogP contribution in [0, 0.1) is 5.92 Å². The Morgan fingerprint density at radius 3 is 2.31 bits per heavy atom. The number of amides is 1. The summed E-state index contributed by atoms with van der Waals surface area (Å²) in [7, 11) is 0. The second kappa shape index (κ2) is 8.58. The average molecular weight is 394 g/mol. The number of rotatable bonds is 6. The summed E-state index contributed by atoms with van der Waals surface area (Å²) in [6.07, 6.45) is 5.53. The number of hydrogen-bond acceptors (Lipinski definition) is 3. The van der Waals surface area contributed by atoms with Crippen LogP contribution in [0.15, 0.2) is 60.7 Å². The fourth-order valence-corrected chi connectivity index (χ4v) is 4.79. The number of benzene rings is 2. The maximum absolute atomic E-state index is 13.0. The van der Waals surface area contributed by atoms with Gasteiger partial charge in [-0.2, -0.15) is 0 Å². The van der Waals surface area contributed by atoms with Crippen molar-refractivity contribution in [2.45, 2.75) is 70.4 Å². The van der Waals surface area contributed by atoms with Crippen molar-refractivity contribution in [3.63, 3.8) is 0 Å². The van der Waals surface area contributed by atoms with E-state index in [1.54, 1.807) is 4.90 Å². The summed E-state index contributed by atoms with van der Waals surface area (Å²) in [5.41, 5.74) is 1.18. The monoisotopic (exact) mass is 393 g/mol. The molecule has 1 aliphatic carbocycles. The van der Waals surface area contributed by atoms with Crippen LogP contribution in [-0.4, -0.2) is 22.8 Å². The zero-order valence-corrected chi connectivity index (χ0v) is 17.4. The molecule has 1 heterocycles. The molecule has 2 fully saturated rings. The molecule has 29 heavy (non-hydrogen) atoms. The molecule has 2 aliphatic rings. The third kappa shape index (κ3) is 4.18. The normalized spacial score (nSPS) is 26.3. The lowest BCUT2D eigenvalue weighted by molar-refractivity contribution is -0.185. The van der Waals surface area contributed by atoms with E-state index in [1.165, 1.54) is 32.1 Å². The zero-order chi connectivity index (χ0) is 20.3. The molecule has 4 rings (SSSR count). The van der Waals surface area contributed by atoms with E-state index in [2.05, 4.69) is 6.92 Å². The SMILES string of the molecule is CC(OC1(C)C(c2ccccc2)OC(=O)N1Cc1ccccc1)C1CCCCC1. The van der Waals surface area contributed by atoms with Crippen molar-refractivity contribution in [1.29, 1.82) is 0 Å². The maximum atomic E-state index is 13.0. The van der Waals surface area contributed by atoms with Crippen LogP contribution in [0.25, 0.3) is 0 Å². The quantitative estimate of drug-likeness (QED) is 0.597. The smallest absolute Gasteiger partial charge is 0.413 e.